The molecule has 0 spiro atoms. The molecule has 2 heterocycles. The Labute approximate surface area is 149 Å². The van der Waals surface area contributed by atoms with Gasteiger partial charge < -0.3 is 9.64 Å². The molecule has 1 saturated heterocycles. The highest BCUT2D eigenvalue weighted by atomic mass is 16.5. The number of hydrogen-bond acceptors (Lipinski definition) is 4. The second kappa shape index (κ2) is 7.70. The summed E-state index contributed by atoms with van der Waals surface area (Å²) in [5.41, 5.74) is 1.84. The summed E-state index contributed by atoms with van der Waals surface area (Å²) in [5, 5.41) is 4.10. The molecule has 6 heteroatoms. The van der Waals surface area contributed by atoms with Crippen LogP contribution in [0.5, 0.6) is 5.75 Å². The van der Waals surface area contributed by atoms with Crippen LogP contribution < -0.4 is 4.74 Å². The second-order valence-corrected chi connectivity index (χ2v) is 6.46. The van der Waals surface area contributed by atoms with Gasteiger partial charge in [-0.15, -0.1) is 0 Å². The van der Waals surface area contributed by atoms with Crippen LogP contribution in [0.4, 0.5) is 0 Å². The molecular weight excluding hydrogens is 316 g/mol. The van der Waals surface area contributed by atoms with Gasteiger partial charge in [-0.1, -0.05) is 18.2 Å². The van der Waals surface area contributed by atoms with Crippen LogP contribution in [0.25, 0.3) is 0 Å². The third-order valence-corrected chi connectivity index (χ3v) is 4.68. The highest BCUT2D eigenvalue weighted by molar-refractivity contribution is 5.92. The molecular formula is C19H26N4O2. The third kappa shape index (κ3) is 3.85. The SMILES string of the molecule is CCOc1ccccc1CN1CCN(C(=O)c2ccnn2C)[C@H](C)C1. The lowest BCUT2D eigenvalue weighted by Crippen LogP contribution is -2.53. The Morgan fingerprint density at radius 1 is 1.28 bits per heavy atom. The molecule has 1 amide bonds. The number of carbonyl (C=O) groups excluding carboxylic acids is 1. The number of carbonyl (C=O) groups is 1. The van der Waals surface area contributed by atoms with Gasteiger partial charge >= 0.3 is 0 Å². The van der Waals surface area contributed by atoms with E-state index in [9.17, 15) is 4.79 Å². The van der Waals surface area contributed by atoms with E-state index in [0.29, 0.717) is 12.3 Å². The van der Waals surface area contributed by atoms with Crippen LogP contribution in [-0.2, 0) is 13.6 Å². The third-order valence-electron chi connectivity index (χ3n) is 4.68. The van der Waals surface area contributed by atoms with Crippen LogP contribution in [0.2, 0.25) is 0 Å². The zero-order valence-corrected chi connectivity index (χ0v) is 15.2. The molecule has 6 nitrogen and oxygen atoms in total. The smallest absolute Gasteiger partial charge is 0.272 e. The Morgan fingerprint density at radius 2 is 2.08 bits per heavy atom. The van der Waals surface area contributed by atoms with Crippen LogP contribution in [0.1, 0.15) is 29.9 Å². The summed E-state index contributed by atoms with van der Waals surface area (Å²) in [6.45, 7) is 8.05. The van der Waals surface area contributed by atoms with Gasteiger partial charge in [0.2, 0.25) is 0 Å². The minimum absolute atomic E-state index is 0.0573. The molecule has 0 unspecified atom stereocenters. The number of benzene rings is 1. The maximum Gasteiger partial charge on any atom is 0.272 e. The lowest BCUT2D eigenvalue weighted by Gasteiger charge is -2.40. The average molecular weight is 342 g/mol. The summed E-state index contributed by atoms with van der Waals surface area (Å²) in [5.74, 6) is 1.01. The molecule has 134 valence electrons. The fourth-order valence-electron chi connectivity index (χ4n) is 3.38. The van der Waals surface area contributed by atoms with Gasteiger partial charge in [-0.25, -0.2) is 0 Å². The number of ether oxygens (including phenoxy) is 1. The van der Waals surface area contributed by atoms with Crippen LogP contribution in [0.15, 0.2) is 36.5 Å². The van der Waals surface area contributed by atoms with Gasteiger partial charge in [0.05, 0.1) is 6.61 Å². The molecule has 2 aromatic rings. The highest BCUT2D eigenvalue weighted by Gasteiger charge is 2.29. The molecule has 1 atom stereocenters. The van der Waals surface area contributed by atoms with Crippen molar-refractivity contribution in [1.82, 2.24) is 19.6 Å². The molecule has 0 aliphatic carbocycles. The molecule has 1 fully saturated rings. The lowest BCUT2D eigenvalue weighted by molar-refractivity contribution is 0.0463. The van der Waals surface area contributed by atoms with E-state index in [4.69, 9.17) is 4.74 Å². The molecule has 0 bridgehead atoms. The van der Waals surface area contributed by atoms with Crippen molar-refractivity contribution < 1.29 is 9.53 Å². The standard InChI is InChI=1S/C19H26N4O2/c1-4-25-18-8-6-5-7-16(18)14-22-11-12-23(15(2)13-22)19(24)17-9-10-20-21(17)3/h5-10,15H,4,11-14H2,1-3H3/t15-/m1/s1. The molecule has 1 aromatic heterocycles. The van der Waals surface area contributed by atoms with Crippen molar-refractivity contribution >= 4 is 5.91 Å². The van der Waals surface area contributed by atoms with Gasteiger partial charge in [-0.2, -0.15) is 5.10 Å². The first-order chi connectivity index (χ1) is 12.1. The first-order valence-corrected chi connectivity index (χ1v) is 8.82. The van der Waals surface area contributed by atoms with Crippen molar-refractivity contribution in [3.8, 4) is 5.75 Å². The number of piperazine rings is 1. The van der Waals surface area contributed by atoms with E-state index < -0.39 is 0 Å². The quantitative estimate of drug-likeness (QED) is 0.836. The summed E-state index contributed by atoms with van der Waals surface area (Å²) in [4.78, 5) is 17.1. The van der Waals surface area contributed by atoms with E-state index in [0.717, 1.165) is 31.9 Å². The predicted octanol–water partition coefficient (Wildman–Crippen LogP) is 2.17. The number of amides is 1. The average Bonchev–Trinajstić information content (AvgIpc) is 3.02. The zero-order chi connectivity index (χ0) is 17.8. The van der Waals surface area contributed by atoms with Crippen molar-refractivity contribution in [3.63, 3.8) is 0 Å². The van der Waals surface area contributed by atoms with Crippen molar-refractivity contribution in [2.24, 2.45) is 7.05 Å². The fourth-order valence-corrected chi connectivity index (χ4v) is 3.38. The van der Waals surface area contributed by atoms with Crippen molar-refractivity contribution in [2.45, 2.75) is 26.4 Å². The summed E-state index contributed by atoms with van der Waals surface area (Å²) in [6, 6.07) is 10.1. The maximum absolute atomic E-state index is 12.7. The minimum atomic E-state index is 0.0573. The normalized spacial score (nSPS) is 18.4. The molecule has 0 radical (unpaired) electrons. The van der Waals surface area contributed by atoms with Crippen LogP contribution >= 0.6 is 0 Å². The lowest BCUT2D eigenvalue weighted by atomic mass is 10.1. The van der Waals surface area contributed by atoms with E-state index in [2.05, 4.69) is 23.0 Å². The van der Waals surface area contributed by atoms with Crippen molar-refractivity contribution in [1.29, 1.82) is 0 Å². The first kappa shape index (κ1) is 17.5. The zero-order valence-electron chi connectivity index (χ0n) is 15.2. The van der Waals surface area contributed by atoms with Gasteiger partial charge in [0.25, 0.3) is 5.91 Å². The van der Waals surface area contributed by atoms with Crippen LogP contribution in [0.3, 0.4) is 0 Å². The van der Waals surface area contributed by atoms with Gasteiger partial charge in [0.15, 0.2) is 0 Å². The number of hydrogen-bond donors (Lipinski definition) is 0. The van der Waals surface area contributed by atoms with Gasteiger partial charge in [-0.3, -0.25) is 14.4 Å². The fraction of sp³-hybridized carbons (Fsp3) is 0.474. The molecule has 1 aliphatic heterocycles. The van der Waals surface area contributed by atoms with E-state index in [1.54, 1.807) is 24.0 Å². The number of para-hydroxylation sites is 1. The number of nitrogens with zero attached hydrogens (tertiary/aromatic N) is 4. The largest absolute Gasteiger partial charge is 0.494 e. The van der Waals surface area contributed by atoms with Crippen LogP contribution in [0, 0.1) is 0 Å². The summed E-state index contributed by atoms with van der Waals surface area (Å²) in [6.07, 6.45) is 1.67. The predicted molar refractivity (Wildman–Crippen MR) is 96.6 cm³/mol. The highest BCUT2D eigenvalue weighted by Crippen LogP contribution is 2.22. The minimum Gasteiger partial charge on any atom is -0.494 e. The van der Waals surface area contributed by atoms with Gasteiger partial charge in [0, 0.05) is 51.0 Å². The Morgan fingerprint density at radius 3 is 2.76 bits per heavy atom. The topological polar surface area (TPSA) is 50.6 Å². The van der Waals surface area contributed by atoms with E-state index in [1.807, 2.05) is 30.0 Å². The van der Waals surface area contributed by atoms with Gasteiger partial charge in [0.1, 0.15) is 11.4 Å². The maximum atomic E-state index is 12.7. The Kier molecular flexibility index (Phi) is 5.38. The Hall–Kier alpha value is -2.34. The van der Waals surface area contributed by atoms with Crippen molar-refractivity contribution in [2.75, 3.05) is 26.2 Å². The summed E-state index contributed by atoms with van der Waals surface area (Å²) in [7, 11) is 1.80. The summed E-state index contributed by atoms with van der Waals surface area (Å²) < 4.78 is 7.36. The molecule has 3 rings (SSSR count). The van der Waals surface area contributed by atoms with E-state index in [-0.39, 0.29) is 11.9 Å². The van der Waals surface area contributed by atoms with Crippen molar-refractivity contribution in [3.05, 3.63) is 47.8 Å². The Balaban J connectivity index is 1.64. The molecule has 0 N–H and O–H groups in total. The number of rotatable bonds is 5. The monoisotopic (exact) mass is 342 g/mol. The molecule has 1 aliphatic rings. The van der Waals surface area contributed by atoms with E-state index in [1.165, 1.54) is 5.56 Å². The van der Waals surface area contributed by atoms with Crippen LogP contribution in [-0.4, -0.2) is 57.8 Å². The first-order valence-electron chi connectivity index (χ1n) is 8.82. The summed E-state index contributed by atoms with van der Waals surface area (Å²) >= 11 is 0. The number of aromatic nitrogens is 2. The molecule has 1 aromatic carbocycles. The molecule has 25 heavy (non-hydrogen) atoms. The molecule has 0 saturated carbocycles. The van der Waals surface area contributed by atoms with E-state index >= 15 is 0 Å². The number of aryl methyl sites for hydroxylation is 1. The Bertz CT molecular complexity index is 728. The van der Waals surface area contributed by atoms with Gasteiger partial charge in [-0.05, 0) is 26.0 Å². The second-order valence-electron chi connectivity index (χ2n) is 6.46.